The molecule has 0 radical (unpaired) electrons. The predicted octanol–water partition coefficient (Wildman–Crippen LogP) is 2.87. The molecule has 1 aliphatic rings. The standard InChI is InChI=1S/C18H26FN3O2/c1-11(2)21(5)16-7-6-14(9-15(16)19)20-18(24)13-8-17(23)22(10-13)12(3)4/h6-7,9,11-13H,8,10H2,1-5H3,(H,20,24). The van der Waals surface area contributed by atoms with Crippen LogP contribution in [0.4, 0.5) is 15.8 Å². The Morgan fingerprint density at radius 3 is 2.50 bits per heavy atom. The molecule has 1 saturated heterocycles. The minimum Gasteiger partial charge on any atom is -0.370 e. The van der Waals surface area contributed by atoms with Crippen LogP contribution in [0.1, 0.15) is 34.1 Å². The fourth-order valence-electron chi connectivity index (χ4n) is 2.80. The highest BCUT2D eigenvalue weighted by Crippen LogP contribution is 2.25. The van der Waals surface area contributed by atoms with Crippen LogP contribution < -0.4 is 10.2 Å². The molecule has 2 rings (SSSR count). The van der Waals surface area contributed by atoms with Crippen LogP contribution in [0.2, 0.25) is 0 Å². The summed E-state index contributed by atoms with van der Waals surface area (Å²) < 4.78 is 14.3. The van der Waals surface area contributed by atoms with Gasteiger partial charge in [0.1, 0.15) is 5.82 Å². The number of anilines is 2. The molecule has 6 heteroatoms. The molecule has 0 spiro atoms. The van der Waals surface area contributed by atoms with Crippen molar-refractivity contribution in [3.05, 3.63) is 24.0 Å². The molecule has 1 heterocycles. The van der Waals surface area contributed by atoms with Crippen LogP contribution >= 0.6 is 0 Å². The monoisotopic (exact) mass is 335 g/mol. The molecule has 2 amide bonds. The molecule has 1 N–H and O–H groups in total. The van der Waals surface area contributed by atoms with E-state index < -0.39 is 0 Å². The summed E-state index contributed by atoms with van der Waals surface area (Å²) in [5.74, 6) is -1.02. The van der Waals surface area contributed by atoms with Crippen molar-refractivity contribution in [2.45, 2.75) is 46.2 Å². The van der Waals surface area contributed by atoms with Crippen molar-refractivity contribution in [3.63, 3.8) is 0 Å². The lowest BCUT2D eigenvalue weighted by Crippen LogP contribution is -2.33. The first kappa shape index (κ1) is 18.2. The summed E-state index contributed by atoms with van der Waals surface area (Å²) in [4.78, 5) is 27.8. The zero-order chi connectivity index (χ0) is 18.0. The summed E-state index contributed by atoms with van der Waals surface area (Å²) in [5.41, 5.74) is 0.902. The molecule has 1 fully saturated rings. The first-order chi connectivity index (χ1) is 11.2. The molecule has 0 aliphatic carbocycles. The average molecular weight is 335 g/mol. The molecular formula is C18H26FN3O2. The molecule has 1 unspecified atom stereocenters. The third-order valence-corrected chi connectivity index (χ3v) is 4.52. The Morgan fingerprint density at radius 2 is 2.00 bits per heavy atom. The van der Waals surface area contributed by atoms with Crippen LogP contribution in [0.5, 0.6) is 0 Å². The Hall–Kier alpha value is -2.11. The van der Waals surface area contributed by atoms with E-state index in [1.807, 2.05) is 39.6 Å². The molecule has 0 saturated carbocycles. The number of benzene rings is 1. The summed E-state index contributed by atoms with van der Waals surface area (Å²) >= 11 is 0. The van der Waals surface area contributed by atoms with Gasteiger partial charge >= 0.3 is 0 Å². The Kier molecular flexibility index (Phi) is 5.47. The van der Waals surface area contributed by atoms with Gasteiger partial charge in [0.15, 0.2) is 0 Å². The maximum absolute atomic E-state index is 14.3. The van der Waals surface area contributed by atoms with E-state index >= 15 is 0 Å². The number of carbonyl (C=O) groups excluding carboxylic acids is 2. The average Bonchev–Trinajstić information content (AvgIpc) is 2.89. The fraction of sp³-hybridized carbons (Fsp3) is 0.556. The smallest absolute Gasteiger partial charge is 0.229 e. The molecule has 1 aromatic rings. The first-order valence-corrected chi connectivity index (χ1v) is 8.33. The van der Waals surface area contributed by atoms with Gasteiger partial charge in [0, 0.05) is 37.8 Å². The molecule has 0 bridgehead atoms. The topological polar surface area (TPSA) is 52.7 Å². The minimum absolute atomic E-state index is 0.00904. The summed E-state index contributed by atoms with van der Waals surface area (Å²) in [5, 5.41) is 2.72. The van der Waals surface area contributed by atoms with Gasteiger partial charge in [-0.3, -0.25) is 9.59 Å². The van der Waals surface area contributed by atoms with Gasteiger partial charge in [-0.15, -0.1) is 0 Å². The fourth-order valence-corrected chi connectivity index (χ4v) is 2.80. The van der Waals surface area contributed by atoms with Crippen molar-refractivity contribution in [2.75, 3.05) is 23.8 Å². The van der Waals surface area contributed by atoms with Crippen molar-refractivity contribution in [2.24, 2.45) is 5.92 Å². The third-order valence-electron chi connectivity index (χ3n) is 4.52. The maximum Gasteiger partial charge on any atom is 0.229 e. The Morgan fingerprint density at radius 1 is 1.33 bits per heavy atom. The lowest BCUT2D eigenvalue weighted by molar-refractivity contribution is -0.129. The van der Waals surface area contributed by atoms with Gasteiger partial charge < -0.3 is 15.1 Å². The number of nitrogens with one attached hydrogen (secondary N) is 1. The van der Waals surface area contributed by atoms with Gasteiger partial charge in [0.05, 0.1) is 11.6 Å². The van der Waals surface area contributed by atoms with Gasteiger partial charge in [0.2, 0.25) is 11.8 Å². The molecule has 0 aromatic heterocycles. The normalized spacial score (nSPS) is 17.8. The van der Waals surface area contributed by atoms with Crippen LogP contribution in [0.15, 0.2) is 18.2 Å². The van der Waals surface area contributed by atoms with E-state index in [1.165, 1.54) is 6.07 Å². The predicted molar refractivity (Wildman–Crippen MR) is 93.5 cm³/mol. The largest absolute Gasteiger partial charge is 0.370 e. The van der Waals surface area contributed by atoms with Crippen molar-refractivity contribution < 1.29 is 14.0 Å². The Bertz CT molecular complexity index is 631. The van der Waals surface area contributed by atoms with Crippen LogP contribution in [-0.2, 0) is 9.59 Å². The molecule has 5 nitrogen and oxygen atoms in total. The quantitative estimate of drug-likeness (QED) is 0.900. The van der Waals surface area contributed by atoms with Gasteiger partial charge in [-0.05, 0) is 45.9 Å². The molecule has 24 heavy (non-hydrogen) atoms. The van der Waals surface area contributed by atoms with Crippen LogP contribution in [-0.4, -0.2) is 42.4 Å². The zero-order valence-electron chi connectivity index (χ0n) is 15.0. The molecule has 1 atom stereocenters. The number of nitrogens with zero attached hydrogens (tertiary/aromatic N) is 2. The van der Waals surface area contributed by atoms with Crippen molar-refractivity contribution in [1.29, 1.82) is 0 Å². The molecule has 132 valence electrons. The van der Waals surface area contributed by atoms with Crippen LogP contribution in [0, 0.1) is 11.7 Å². The summed E-state index contributed by atoms with van der Waals surface area (Å²) in [7, 11) is 1.83. The molecule has 1 aromatic carbocycles. The number of amides is 2. The second-order valence-corrected chi connectivity index (χ2v) is 6.90. The van der Waals surface area contributed by atoms with E-state index in [1.54, 1.807) is 17.0 Å². The Labute approximate surface area is 142 Å². The number of carbonyl (C=O) groups is 2. The number of halogens is 1. The second-order valence-electron chi connectivity index (χ2n) is 6.90. The molecular weight excluding hydrogens is 309 g/mol. The van der Waals surface area contributed by atoms with Crippen LogP contribution in [0.25, 0.3) is 0 Å². The van der Waals surface area contributed by atoms with E-state index in [0.29, 0.717) is 17.9 Å². The maximum atomic E-state index is 14.3. The minimum atomic E-state index is -0.388. The van der Waals surface area contributed by atoms with E-state index in [4.69, 9.17) is 0 Å². The van der Waals surface area contributed by atoms with Gasteiger partial charge in [0.25, 0.3) is 0 Å². The zero-order valence-corrected chi connectivity index (χ0v) is 15.0. The SMILES string of the molecule is CC(C)N1CC(C(=O)Nc2ccc(N(C)C(C)C)c(F)c2)CC1=O. The summed E-state index contributed by atoms with van der Waals surface area (Å²) in [6.45, 7) is 8.23. The third kappa shape index (κ3) is 3.86. The van der Waals surface area contributed by atoms with E-state index in [0.717, 1.165) is 0 Å². The lowest BCUT2D eigenvalue weighted by Gasteiger charge is -2.24. The highest BCUT2D eigenvalue weighted by molar-refractivity contribution is 5.97. The van der Waals surface area contributed by atoms with E-state index in [-0.39, 0.29) is 42.1 Å². The first-order valence-electron chi connectivity index (χ1n) is 8.33. The Balaban J connectivity index is 2.05. The van der Waals surface area contributed by atoms with E-state index in [9.17, 15) is 14.0 Å². The van der Waals surface area contributed by atoms with Crippen molar-refractivity contribution >= 4 is 23.2 Å². The van der Waals surface area contributed by atoms with Gasteiger partial charge in [-0.1, -0.05) is 0 Å². The number of hydrogen-bond donors (Lipinski definition) is 1. The highest BCUT2D eigenvalue weighted by Gasteiger charge is 2.35. The number of likely N-dealkylation sites (tertiary alicyclic amines) is 1. The lowest BCUT2D eigenvalue weighted by atomic mass is 10.1. The number of rotatable bonds is 5. The molecule has 1 aliphatic heterocycles. The summed E-state index contributed by atoms with van der Waals surface area (Å²) in [6.07, 6.45) is 0.209. The summed E-state index contributed by atoms with van der Waals surface area (Å²) in [6, 6.07) is 4.92. The van der Waals surface area contributed by atoms with Crippen LogP contribution in [0.3, 0.4) is 0 Å². The van der Waals surface area contributed by atoms with Gasteiger partial charge in [-0.25, -0.2) is 4.39 Å². The highest BCUT2D eigenvalue weighted by atomic mass is 19.1. The van der Waals surface area contributed by atoms with Crippen molar-refractivity contribution in [3.8, 4) is 0 Å². The van der Waals surface area contributed by atoms with Gasteiger partial charge in [-0.2, -0.15) is 0 Å². The second kappa shape index (κ2) is 7.20. The number of hydrogen-bond acceptors (Lipinski definition) is 3. The van der Waals surface area contributed by atoms with E-state index in [2.05, 4.69) is 5.32 Å². The van der Waals surface area contributed by atoms with Crippen molar-refractivity contribution in [1.82, 2.24) is 4.90 Å².